The number of nitrogens with two attached hydrogens (primary N) is 1. The molecule has 19 heavy (non-hydrogen) atoms. The van der Waals surface area contributed by atoms with Crippen molar-refractivity contribution in [3.8, 4) is 0 Å². The predicted octanol–water partition coefficient (Wildman–Crippen LogP) is 0.558. The topological polar surface area (TPSA) is 89.4 Å². The Morgan fingerprint density at radius 2 is 2.21 bits per heavy atom. The highest BCUT2D eigenvalue weighted by Crippen LogP contribution is 2.19. The molecule has 0 aliphatic carbocycles. The number of rotatable bonds is 3. The van der Waals surface area contributed by atoms with E-state index in [4.69, 9.17) is 10.3 Å². The zero-order chi connectivity index (χ0) is 14.0. The Morgan fingerprint density at radius 3 is 2.79 bits per heavy atom. The predicted molar refractivity (Wildman–Crippen MR) is 68.2 cm³/mol. The molecule has 2 heterocycles. The summed E-state index contributed by atoms with van der Waals surface area (Å²) in [5, 5.41) is 3.84. The van der Waals surface area contributed by atoms with Gasteiger partial charge in [0.25, 0.3) is 0 Å². The van der Waals surface area contributed by atoms with Gasteiger partial charge in [-0.1, -0.05) is 5.16 Å². The number of hydrogen-bond donors (Lipinski definition) is 1. The van der Waals surface area contributed by atoms with Gasteiger partial charge in [-0.2, -0.15) is 0 Å². The monoisotopic (exact) mass is 265 g/mol. The molecule has 0 bridgehead atoms. The van der Waals surface area contributed by atoms with E-state index in [0.717, 1.165) is 24.1 Å². The minimum Gasteiger partial charge on any atom is -0.369 e. The number of likely N-dealkylation sites (tertiary alicyclic amines) is 1. The Labute approximate surface area is 111 Å². The maximum atomic E-state index is 12.2. The van der Waals surface area contributed by atoms with Crippen LogP contribution in [0.5, 0.6) is 0 Å². The normalized spacial score (nSPS) is 19.5. The van der Waals surface area contributed by atoms with Gasteiger partial charge in [-0.25, -0.2) is 0 Å². The fourth-order valence-corrected chi connectivity index (χ4v) is 2.45. The van der Waals surface area contributed by atoms with Gasteiger partial charge in [0.1, 0.15) is 5.76 Å². The van der Waals surface area contributed by atoms with Crippen molar-refractivity contribution in [1.82, 2.24) is 10.1 Å². The van der Waals surface area contributed by atoms with Crippen LogP contribution in [0.4, 0.5) is 0 Å². The average Bonchev–Trinajstić information content (AvgIpc) is 2.70. The van der Waals surface area contributed by atoms with Crippen molar-refractivity contribution in [3.05, 3.63) is 17.0 Å². The smallest absolute Gasteiger partial charge is 0.227 e. The van der Waals surface area contributed by atoms with Crippen molar-refractivity contribution >= 4 is 11.8 Å². The summed E-state index contributed by atoms with van der Waals surface area (Å²) < 4.78 is 5.05. The Bertz CT molecular complexity index is 476. The molecule has 1 aromatic heterocycles. The quantitative estimate of drug-likeness (QED) is 0.864. The van der Waals surface area contributed by atoms with E-state index in [1.807, 2.05) is 6.92 Å². The lowest BCUT2D eigenvalue weighted by atomic mass is 9.97. The van der Waals surface area contributed by atoms with Gasteiger partial charge in [-0.3, -0.25) is 9.59 Å². The summed E-state index contributed by atoms with van der Waals surface area (Å²) in [5.74, 6) is 0.131. The Balaban J connectivity index is 2.02. The van der Waals surface area contributed by atoms with Crippen molar-refractivity contribution in [2.24, 2.45) is 11.7 Å². The van der Waals surface area contributed by atoms with Crippen LogP contribution in [-0.2, 0) is 16.0 Å². The van der Waals surface area contributed by atoms with Crippen LogP contribution >= 0.6 is 0 Å². The van der Waals surface area contributed by atoms with Gasteiger partial charge in [-0.15, -0.1) is 0 Å². The summed E-state index contributed by atoms with van der Waals surface area (Å²) in [6.45, 7) is 4.73. The molecule has 0 radical (unpaired) electrons. The molecular weight excluding hydrogens is 246 g/mol. The van der Waals surface area contributed by atoms with Crippen molar-refractivity contribution in [2.45, 2.75) is 33.1 Å². The summed E-state index contributed by atoms with van der Waals surface area (Å²) in [5.41, 5.74) is 6.90. The molecule has 1 atom stereocenters. The number of hydrogen-bond acceptors (Lipinski definition) is 4. The maximum Gasteiger partial charge on any atom is 0.227 e. The second-order valence-electron chi connectivity index (χ2n) is 5.06. The second kappa shape index (κ2) is 5.42. The van der Waals surface area contributed by atoms with Crippen LogP contribution in [0, 0.1) is 19.8 Å². The number of carbonyl (C=O) groups is 2. The number of nitrogens with zero attached hydrogens (tertiary/aromatic N) is 2. The van der Waals surface area contributed by atoms with Gasteiger partial charge in [0.2, 0.25) is 11.8 Å². The molecule has 6 nitrogen and oxygen atoms in total. The first-order chi connectivity index (χ1) is 8.99. The summed E-state index contributed by atoms with van der Waals surface area (Å²) >= 11 is 0. The highest BCUT2D eigenvalue weighted by atomic mass is 16.5. The first-order valence-electron chi connectivity index (χ1n) is 6.48. The van der Waals surface area contributed by atoms with Crippen LogP contribution in [0.3, 0.4) is 0 Å². The minimum absolute atomic E-state index is 0.000324. The maximum absolute atomic E-state index is 12.2. The zero-order valence-electron chi connectivity index (χ0n) is 11.3. The highest BCUT2D eigenvalue weighted by molar-refractivity contribution is 5.81. The van der Waals surface area contributed by atoms with Gasteiger partial charge in [0, 0.05) is 18.7 Å². The summed E-state index contributed by atoms with van der Waals surface area (Å²) in [6.07, 6.45) is 1.86. The van der Waals surface area contributed by atoms with Crippen LogP contribution < -0.4 is 5.73 Å². The Kier molecular flexibility index (Phi) is 3.87. The largest absolute Gasteiger partial charge is 0.369 e. The third-order valence-corrected chi connectivity index (χ3v) is 3.69. The molecule has 0 spiro atoms. The van der Waals surface area contributed by atoms with Gasteiger partial charge in [0.05, 0.1) is 18.0 Å². The number of piperidine rings is 1. The van der Waals surface area contributed by atoms with Crippen LogP contribution in [0.1, 0.15) is 29.9 Å². The molecule has 1 saturated heterocycles. The van der Waals surface area contributed by atoms with Crippen LogP contribution in [-0.4, -0.2) is 35.0 Å². The SMILES string of the molecule is Cc1noc(C)c1CC(=O)N1CCC[C@H](C(N)=O)C1. The molecule has 0 aromatic carbocycles. The minimum atomic E-state index is -0.324. The van der Waals surface area contributed by atoms with E-state index >= 15 is 0 Å². The molecule has 0 saturated carbocycles. The standard InChI is InChI=1S/C13H19N3O3/c1-8-11(9(2)19-15-8)6-12(17)16-5-3-4-10(7-16)13(14)18/h10H,3-7H2,1-2H3,(H2,14,18)/t10-/m0/s1. The van der Waals surface area contributed by atoms with Gasteiger partial charge in [0.15, 0.2) is 0 Å². The third-order valence-electron chi connectivity index (χ3n) is 3.69. The lowest BCUT2D eigenvalue weighted by Gasteiger charge is -2.31. The van der Waals surface area contributed by atoms with E-state index in [1.54, 1.807) is 11.8 Å². The molecule has 2 rings (SSSR count). The molecular formula is C13H19N3O3. The van der Waals surface area contributed by atoms with Crippen molar-refractivity contribution in [2.75, 3.05) is 13.1 Å². The molecule has 0 unspecified atom stereocenters. The van der Waals surface area contributed by atoms with E-state index in [0.29, 0.717) is 18.8 Å². The number of primary amides is 1. The van der Waals surface area contributed by atoms with E-state index in [2.05, 4.69) is 5.16 Å². The fraction of sp³-hybridized carbons (Fsp3) is 0.615. The van der Waals surface area contributed by atoms with E-state index in [-0.39, 0.29) is 24.2 Å². The Morgan fingerprint density at radius 1 is 1.47 bits per heavy atom. The first-order valence-corrected chi connectivity index (χ1v) is 6.48. The summed E-state index contributed by atoms with van der Waals surface area (Å²) in [4.78, 5) is 25.2. The Hall–Kier alpha value is -1.85. The van der Waals surface area contributed by atoms with Crippen molar-refractivity contribution < 1.29 is 14.1 Å². The van der Waals surface area contributed by atoms with E-state index in [9.17, 15) is 9.59 Å². The fourth-order valence-electron chi connectivity index (χ4n) is 2.45. The molecule has 1 aliphatic heterocycles. The van der Waals surface area contributed by atoms with Gasteiger partial charge < -0.3 is 15.2 Å². The van der Waals surface area contributed by atoms with Crippen molar-refractivity contribution in [3.63, 3.8) is 0 Å². The lowest BCUT2D eigenvalue weighted by Crippen LogP contribution is -2.44. The lowest BCUT2D eigenvalue weighted by molar-refractivity contribution is -0.134. The van der Waals surface area contributed by atoms with Crippen molar-refractivity contribution in [1.29, 1.82) is 0 Å². The van der Waals surface area contributed by atoms with Crippen LogP contribution in [0.25, 0.3) is 0 Å². The molecule has 1 aromatic rings. The average molecular weight is 265 g/mol. The number of aryl methyl sites for hydroxylation is 2. The zero-order valence-corrected chi connectivity index (χ0v) is 11.3. The van der Waals surface area contributed by atoms with Gasteiger partial charge >= 0.3 is 0 Å². The summed E-state index contributed by atoms with van der Waals surface area (Å²) in [6, 6.07) is 0. The molecule has 2 N–H and O–H groups in total. The summed E-state index contributed by atoms with van der Waals surface area (Å²) in [7, 11) is 0. The molecule has 104 valence electrons. The number of carbonyl (C=O) groups excluding carboxylic acids is 2. The van der Waals surface area contributed by atoms with E-state index in [1.165, 1.54) is 0 Å². The molecule has 2 amide bonds. The first kappa shape index (κ1) is 13.6. The number of amides is 2. The van der Waals surface area contributed by atoms with Crippen LogP contribution in [0.2, 0.25) is 0 Å². The van der Waals surface area contributed by atoms with Crippen LogP contribution in [0.15, 0.2) is 4.52 Å². The molecule has 1 fully saturated rings. The second-order valence-corrected chi connectivity index (χ2v) is 5.06. The van der Waals surface area contributed by atoms with E-state index < -0.39 is 0 Å². The molecule has 6 heteroatoms. The number of aromatic nitrogens is 1. The molecule has 1 aliphatic rings. The third kappa shape index (κ3) is 2.94. The highest BCUT2D eigenvalue weighted by Gasteiger charge is 2.27. The van der Waals surface area contributed by atoms with Gasteiger partial charge in [-0.05, 0) is 26.7 Å².